The minimum absolute atomic E-state index is 0.152. The molecule has 2 unspecified atom stereocenters. The maximum Gasteiger partial charge on any atom is 0.237 e. The van der Waals surface area contributed by atoms with Crippen molar-refractivity contribution >= 4 is 5.91 Å². The molecule has 2 aliphatic rings. The third-order valence-electron chi connectivity index (χ3n) is 4.51. The number of unbranched alkanes of at least 4 members (excludes halogenated alkanes) is 1. The molecular formula is C14H27N3O. The highest BCUT2D eigenvalue weighted by molar-refractivity contribution is 5.85. The van der Waals surface area contributed by atoms with Crippen LogP contribution in [0.15, 0.2) is 0 Å². The summed E-state index contributed by atoms with van der Waals surface area (Å²) in [6.45, 7) is 3.34. The number of primary amides is 1. The Labute approximate surface area is 110 Å². The predicted molar refractivity (Wildman–Crippen MR) is 73.3 cm³/mol. The van der Waals surface area contributed by atoms with Crippen LogP contribution in [0, 0.1) is 0 Å². The first-order valence-electron chi connectivity index (χ1n) is 7.35. The van der Waals surface area contributed by atoms with E-state index in [1.165, 1.54) is 25.7 Å². The Hall–Kier alpha value is -0.610. The lowest BCUT2D eigenvalue weighted by Gasteiger charge is -2.29. The molecule has 0 radical (unpaired) electrons. The van der Waals surface area contributed by atoms with Gasteiger partial charge in [-0.2, -0.15) is 0 Å². The highest BCUT2D eigenvalue weighted by atomic mass is 16.1. The van der Waals surface area contributed by atoms with E-state index in [-0.39, 0.29) is 5.91 Å². The molecule has 2 atom stereocenters. The molecule has 0 aromatic heterocycles. The molecule has 0 spiro atoms. The molecule has 1 amide bonds. The van der Waals surface area contributed by atoms with Gasteiger partial charge in [0.2, 0.25) is 5.91 Å². The van der Waals surface area contributed by atoms with Crippen LogP contribution in [0.25, 0.3) is 0 Å². The van der Waals surface area contributed by atoms with E-state index in [2.05, 4.69) is 24.2 Å². The summed E-state index contributed by atoms with van der Waals surface area (Å²) in [6, 6.07) is 1.05. The van der Waals surface area contributed by atoms with Crippen molar-refractivity contribution in [2.24, 2.45) is 5.73 Å². The third kappa shape index (κ3) is 3.04. The van der Waals surface area contributed by atoms with E-state index in [1.807, 2.05) is 0 Å². The van der Waals surface area contributed by atoms with E-state index >= 15 is 0 Å². The first kappa shape index (κ1) is 13.8. The summed E-state index contributed by atoms with van der Waals surface area (Å²) < 4.78 is 0. The average molecular weight is 253 g/mol. The summed E-state index contributed by atoms with van der Waals surface area (Å²) in [5.74, 6) is -0.152. The lowest BCUT2D eigenvalue weighted by molar-refractivity contribution is -0.124. The molecule has 0 aromatic carbocycles. The molecular weight excluding hydrogens is 226 g/mol. The van der Waals surface area contributed by atoms with E-state index in [4.69, 9.17) is 5.73 Å². The number of rotatable bonds is 7. The van der Waals surface area contributed by atoms with Gasteiger partial charge >= 0.3 is 0 Å². The van der Waals surface area contributed by atoms with Crippen molar-refractivity contribution in [3.63, 3.8) is 0 Å². The van der Waals surface area contributed by atoms with Crippen LogP contribution < -0.4 is 11.1 Å². The van der Waals surface area contributed by atoms with Crippen LogP contribution in [0.4, 0.5) is 0 Å². The second kappa shape index (κ2) is 5.57. The van der Waals surface area contributed by atoms with Gasteiger partial charge in [0.05, 0.1) is 5.54 Å². The molecule has 0 heterocycles. The second-order valence-corrected chi connectivity index (χ2v) is 6.10. The van der Waals surface area contributed by atoms with E-state index < -0.39 is 5.54 Å². The quantitative estimate of drug-likeness (QED) is 0.718. The molecule has 2 saturated carbocycles. The minimum Gasteiger partial charge on any atom is -0.368 e. The van der Waals surface area contributed by atoms with Gasteiger partial charge in [-0.3, -0.25) is 4.79 Å². The fourth-order valence-corrected chi connectivity index (χ4v) is 3.03. The Morgan fingerprint density at radius 1 is 1.44 bits per heavy atom. The van der Waals surface area contributed by atoms with Gasteiger partial charge in [0, 0.05) is 12.1 Å². The molecule has 4 heteroatoms. The Morgan fingerprint density at radius 3 is 2.72 bits per heavy atom. The van der Waals surface area contributed by atoms with Crippen LogP contribution >= 0.6 is 0 Å². The molecule has 104 valence electrons. The average Bonchev–Trinajstić information content (AvgIpc) is 3.03. The van der Waals surface area contributed by atoms with Crippen LogP contribution in [0.5, 0.6) is 0 Å². The molecule has 2 aliphatic carbocycles. The summed E-state index contributed by atoms with van der Waals surface area (Å²) in [5.41, 5.74) is 5.23. The molecule has 3 N–H and O–H groups in total. The number of hydrogen-bond donors (Lipinski definition) is 2. The number of nitrogens with zero attached hydrogens (tertiary/aromatic N) is 1. The van der Waals surface area contributed by atoms with Gasteiger partial charge in [0.15, 0.2) is 0 Å². The fraction of sp³-hybridized carbons (Fsp3) is 0.929. The number of carbonyl (C=O) groups is 1. The first-order chi connectivity index (χ1) is 8.57. The predicted octanol–water partition coefficient (Wildman–Crippen LogP) is 1.25. The zero-order valence-corrected chi connectivity index (χ0v) is 11.7. The van der Waals surface area contributed by atoms with E-state index in [9.17, 15) is 4.79 Å². The Kier molecular flexibility index (Phi) is 4.28. The van der Waals surface area contributed by atoms with Crippen molar-refractivity contribution in [1.82, 2.24) is 10.2 Å². The lowest BCUT2D eigenvalue weighted by atomic mass is 9.96. The molecule has 2 rings (SSSR count). The van der Waals surface area contributed by atoms with E-state index in [0.29, 0.717) is 12.1 Å². The van der Waals surface area contributed by atoms with E-state index in [0.717, 1.165) is 25.8 Å². The molecule has 0 bridgehead atoms. The SMILES string of the molecule is CCCCN(C)C1CCC(NC2CC2)(C(N)=O)C1. The summed E-state index contributed by atoms with van der Waals surface area (Å²) in [4.78, 5) is 14.2. The standard InChI is InChI=1S/C14H27N3O/c1-3-4-9-17(2)12-7-8-14(10-12,13(15)18)16-11-5-6-11/h11-12,16H,3-10H2,1-2H3,(H2,15,18). The molecule has 4 nitrogen and oxygen atoms in total. The second-order valence-electron chi connectivity index (χ2n) is 6.10. The number of amides is 1. The maximum atomic E-state index is 11.8. The van der Waals surface area contributed by atoms with Crippen LogP contribution in [-0.4, -0.2) is 42.0 Å². The van der Waals surface area contributed by atoms with Gasteiger partial charge in [-0.25, -0.2) is 0 Å². The van der Waals surface area contributed by atoms with Gasteiger partial charge in [-0.1, -0.05) is 13.3 Å². The van der Waals surface area contributed by atoms with Crippen molar-refractivity contribution in [3.05, 3.63) is 0 Å². The topological polar surface area (TPSA) is 58.4 Å². The minimum atomic E-state index is -0.424. The van der Waals surface area contributed by atoms with Crippen molar-refractivity contribution in [3.8, 4) is 0 Å². The molecule has 0 saturated heterocycles. The third-order valence-corrected chi connectivity index (χ3v) is 4.51. The van der Waals surface area contributed by atoms with Crippen LogP contribution in [0.3, 0.4) is 0 Å². The van der Waals surface area contributed by atoms with Gasteiger partial charge in [-0.15, -0.1) is 0 Å². The summed E-state index contributed by atoms with van der Waals surface area (Å²) in [5, 5.41) is 3.51. The molecule has 0 aliphatic heterocycles. The first-order valence-corrected chi connectivity index (χ1v) is 7.35. The van der Waals surface area contributed by atoms with Crippen molar-refractivity contribution < 1.29 is 4.79 Å². The van der Waals surface area contributed by atoms with Crippen LogP contribution in [-0.2, 0) is 4.79 Å². The highest BCUT2D eigenvalue weighted by Gasteiger charge is 2.47. The van der Waals surface area contributed by atoms with E-state index in [1.54, 1.807) is 0 Å². The zero-order chi connectivity index (χ0) is 13.2. The monoisotopic (exact) mass is 253 g/mol. The Morgan fingerprint density at radius 2 is 2.17 bits per heavy atom. The molecule has 18 heavy (non-hydrogen) atoms. The Bertz CT molecular complexity index is 303. The number of nitrogens with one attached hydrogen (secondary N) is 1. The van der Waals surface area contributed by atoms with Crippen molar-refractivity contribution in [2.45, 2.75) is 69.5 Å². The van der Waals surface area contributed by atoms with Gasteiger partial charge in [0.25, 0.3) is 0 Å². The van der Waals surface area contributed by atoms with Gasteiger partial charge in [-0.05, 0) is 52.1 Å². The van der Waals surface area contributed by atoms with Crippen molar-refractivity contribution in [2.75, 3.05) is 13.6 Å². The normalized spacial score (nSPS) is 32.1. The zero-order valence-electron chi connectivity index (χ0n) is 11.7. The number of nitrogens with two attached hydrogens (primary N) is 1. The Balaban J connectivity index is 1.92. The largest absolute Gasteiger partial charge is 0.368 e. The van der Waals surface area contributed by atoms with Crippen LogP contribution in [0.2, 0.25) is 0 Å². The molecule has 2 fully saturated rings. The smallest absolute Gasteiger partial charge is 0.237 e. The summed E-state index contributed by atoms with van der Waals surface area (Å²) in [7, 11) is 2.18. The van der Waals surface area contributed by atoms with Crippen LogP contribution in [0.1, 0.15) is 51.9 Å². The van der Waals surface area contributed by atoms with Gasteiger partial charge in [0.1, 0.15) is 0 Å². The van der Waals surface area contributed by atoms with Crippen molar-refractivity contribution in [1.29, 1.82) is 0 Å². The number of carbonyl (C=O) groups excluding carboxylic acids is 1. The highest BCUT2D eigenvalue weighted by Crippen LogP contribution is 2.35. The lowest BCUT2D eigenvalue weighted by Crippen LogP contribution is -2.55. The fourth-order valence-electron chi connectivity index (χ4n) is 3.03. The summed E-state index contributed by atoms with van der Waals surface area (Å²) >= 11 is 0. The molecule has 0 aromatic rings. The maximum absolute atomic E-state index is 11.8. The van der Waals surface area contributed by atoms with Gasteiger partial charge < -0.3 is 16.0 Å². The number of hydrogen-bond acceptors (Lipinski definition) is 3. The summed E-state index contributed by atoms with van der Waals surface area (Å²) in [6.07, 6.45) is 7.73.